The number of benzene rings is 1. The molecule has 1 aromatic carbocycles. The second-order valence-electron chi connectivity index (χ2n) is 8.93. The lowest BCUT2D eigenvalue weighted by Crippen LogP contribution is -2.41. The Kier molecular flexibility index (Phi) is 6.96. The van der Waals surface area contributed by atoms with Gasteiger partial charge in [-0.15, -0.1) is 12.4 Å². The first-order valence-electron chi connectivity index (χ1n) is 11.8. The van der Waals surface area contributed by atoms with E-state index in [2.05, 4.69) is 54.5 Å². The molecular weight excluding hydrogens is 436 g/mol. The van der Waals surface area contributed by atoms with E-state index in [1.807, 2.05) is 11.0 Å². The third kappa shape index (κ3) is 4.22. The van der Waals surface area contributed by atoms with Crippen molar-refractivity contribution in [2.24, 2.45) is 0 Å². The van der Waals surface area contributed by atoms with Crippen LogP contribution in [0.3, 0.4) is 0 Å². The molecule has 0 atom stereocenters. The molecular formula is C26H33ClN4O2. The molecule has 0 saturated carbocycles. The highest BCUT2D eigenvalue weighted by atomic mass is 35.5. The molecule has 2 aliphatic rings. The van der Waals surface area contributed by atoms with Crippen LogP contribution >= 0.6 is 12.4 Å². The molecule has 1 saturated heterocycles. The first-order chi connectivity index (χ1) is 15.6. The zero-order valence-electron chi connectivity index (χ0n) is 19.8. The van der Waals surface area contributed by atoms with E-state index in [-0.39, 0.29) is 18.3 Å². The van der Waals surface area contributed by atoms with E-state index in [0.29, 0.717) is 32.0 Å². The molecule has 7 heteroatoms. The summed E-state index contributed by atoms with van der Waals surface area (Å²) in [5.41, 5.74) is 6.98. The summed E-state index contributed by atoms with van der Waals surface area (Å²) in [5.74, 6) is 0.951. The molecule has 4 heterocycles. The first-order valence-corrected chi connectivity index (χ1v) is 11.8. The SMILES string of the molecule is CCCn1c(C)c(C)c2cc(C(=O)N3CCOCC3)nc(N3CCc4ccccc4C3)c21.Cl. The molecule has 0 unspecified atom stereocenters. The molecule has 1 amide bonds. The number of carbonyl (C=O) groups excluding carboxylic acids is 1. The summed E-state index contributed by atoms with van der Waals surface area (Å²) in [4.78, 5) is 22.7. The zero-order valence-corrected chi connectivity index (χ0v) is 20.6. The number of aryl methyl sites for hydroxylation is 2. The molecule has 0 N–H and O–H groups in total. The Morgan fingerprint density at radius 1 is 1.09 bits per heavy atom. The maximum Gasteiger partial charge on any atom is 0.272 e. The van der Waals surface area contributed by atoms with Gasteiger partial charge in [0.25, 0.3) is 5.91 Å². The van der Waals surface area contributed by atoms with E-state index in [1.54, 1.807) is 0 Å². The number of nitrogens with zero attached hydrogens (tertiary/aromatic N) is 4. The Bertz CT molecular complexity index is 1170. The average molecular weight is 469 g/mol. The molecule has 2 aromatic heterocycles. The first kappa shape index (κ1) is 23.6. The highest BCUT2D eigenvalue weighted by Crippen LogP contribution is 2.35. The van der Waals surface area contributed by atoms with Crippen LogP contribution in [0.15, 0.2) is 30.3 Å². The van der Waals surface area contributed by atoms with Crippen LogP contribution in [0.25, 0.3) is 10.9 Å². The Labute approximate surface area is 201 Å². The van der Waals surface area contributed by atoms with E-state index in [0.717, 1.165) is 43.7 Å². The Hall–Kier alpha value is -2.57. The minimum Gasteiger partial charge on any atom is -0.378 e. The van der Waals surface area contributed by atoms with E-state index >= 15 is 0 Å². The van der Waals surface area contributed by atoms with Gasteiger partial charge in [-0.1, -0.05) is 31.2 Å². The normalized spacial score (nSPS) is 16.0. The van der Waals surface area contributed by atoms with Crippen molar-refractivity contribution < 1.29 is 9.53 Å². The van der Waals surface area contributed by atoms with Gasteiger partial charge in [0.1, 0.15) is 5.69 Å². The Morgan fingerprint density at radius 2 is 1.82 bits per heavy atom. The fourth-order valence-corrected chi connectivity index (χ4v) is 5.08. The highest BCUT2D eigenvalue weighted by molar-refractivity contribution is 6.01. The maximum atomic E-state index is 13.4. The fraction of sp³-hybridized carbons (Fsp3) is 0.462. The van der Waals surface area contributed by atoms with E-state index in [9.17, 15) is 4.79 Å². The van der Waals surface area contributed by atoms with Crippen LogP contribution in [0.4, 0.5) is 5.82 Å². The number of ether oxygens (including phenoxy) is 1. The molecule has 0 aliphatic carbocycles. The summed E-state index contributed by atoms with van der Waals surface area (Å²) >= 11 is 0. The minimum absolute atomic E-state index is 0. The van der Waals surface area contributed by atoms with Crippen LogP contribution < -0.4 is 4.90 Å². The molecule has 176 valence electrons. The summed E-state index contributed by atoms with van der Waals surface area (Å²) in [6.45, 7) is 11.7. The van der Waals surface area contributed by atoms with Crippen LogP contribution in [0.1, 0.15) is 46.2 Å². The van der Waals surface area contributed by atoms with Gasteiger partial charge in [-0.25, -0.2) is 4.98 Å². The fourth-order valence-electron chi connectivity index (χ4n) is 5.08. The molecule has 5 rings (SSSR count). The van der Waals surface area contributed by atoms with Crippen molar-refractivity contribution in [1.29, 1.82) is 0 Å². The number of halogens is 1. The van der Waals surface area contributed by atoms with Crippen molar-refractivity contribution >= 4 is 35.0 Å². The number of aromatic nitrogens is 2. The van der Waals surface area contributed by atoms with Gasteiger partial charge in [0, 0.05) is 43.8 Å². The molecule has 0 radical (unpaired) electrons. The minimum atomic E-state index is 0. The van der Waals surface area contributed by atoms with Crippen molar-refractivity contribution in [3.05, 3.63) is 58.4 Å². The summed E-state index contributed by atoms with van der Waals surface area (Å²) in [6.07, 6.45) is 2.05. The summed E-state index contributed by atoms with van der Waals surface area (Å²) < 4.78 is 7.85. The number of rotatable bonds is 4. The molecule has 0 bridgehead atoms. The van der Waals surface area contributed by atoms with E-state index in [1.165, 1.54) is 27.9 Å². The van der Waals surface area contributed by atoms with Gasteiger partial charge >= 0.3 is 0 Å². The Morgan fingerprint density at radius 3 is 2.55 bits per heavy atom. The Balaban J connectivity index is 0.00000259. The lowest BCUT2D eigenvalue weighted by molar-refractivity contribution is 0.0299. The summed E-state index contributed by atoms with van der Waals surface area (Å²) in [6, 6.07) is 10.7. The molecule has 33 heavy (non-hydrogen) atoms. The van der Waals surface area contributed by atoms with Crippen LogP contribution in [0.2, 0.25) is 0 Å². The number of anilines is 1. The topological polar surface area (TPSA) is 50.6 Å². The smallest absolute Gasteiger partial charge is 0.272 e. The zero-order chi connectivity index (χ0) is 22.2. The van der Waals surface area contributed by atoms with Crippen molar-refractivity contribution in [2.45, 2.75) is 46.7 Å². The summed E-state index contributed by atoms with van der Waals surface area (Å²) in [7, 11) is 0. The highest BCUT2D eigenvalue weighted by Gasteiger charge is 2.27. The number of amides is 1. The largest absolute Gasteiger partial charge is 0.378 e. The monoisotopic (exact) mass is 468 g/mol. The average Bonchev–Trinajstić information content (AvgIpc) is 3.08. The number of hydrogen-bond acceptors (Lipinski definition) is 4. The predicted octanol–water partition coefficient (Wildman–Crippen LogP) is 4.52. The van der Waals surface area contributed by atoms with Gasteiger partial charge in [-0.2, -0.15) is 0 Å². The van der Waals surface area contributed by atoms with Crippen LogP contribution in [0, 0.1) is 13.8 Å². The van der Waals surface area contributed by atoms with Crippen molar-refractivity contribution in [2.75, 3.05) is 37.7 Å². The molecule has 3 aromatic rings. The number of hydrogen-bond donors (Lipinski definition) is 0. The molecule has 2 aliphatic heterocycles. The predicted molar refractivity (Wildman–Crippen MR) is 135 cm³/mol. The van der Waals surface area contributed by atoms with Crippen LogP contribution in [0.5, 0.6) is 0 Å². The standard InChI is InChI=1S/C26H32N4O2.ClH/c1-4-10-30-19(3)18(2)22-16-23(26(31)28-12-14-32-15-13-28)27-25(24(22)30)29-11-9-20-7-5-6-8-21(20)17-29;/h5-8,16H,4,9-15,17H2,1-3H3;1H. The van der Waals surface area contributed by atoms with Crippen LogP contribution in [-0.2, 0) is 24.2 Å². The number of carbonyl (C=O) groups is 1. The maximum absolute atomic E-state index is 13.4. The molecule has 6 nitrogen and oxygen atoms in total. The second kappa shape index (κ2) is 9.74. The van der Waals surface area contributed by atoms with Crippen molar-refractivity contribution in [3.8, 4) is 0 Å². The lowest BCUT2D eigenvalue weighted by atomic mass is 10.00. The quantitative estimate of drug-likeness (QED) is 0.565. The lowest BCUT2D eigenvalue weighted by Gasteiger charge is -2.31. The number of pyridine rings is 1. The van der Waals surface area contributed by atoms with E-state index in [4.69, 9.17) is 9.72 Å². The van der Waals surface area contributed by atoms with Gasteiger partial charge in [0.05, 0.1) is 18.7 Å². The second-order valence-corrected chi connectivity index (χ2v) is 8.93. The van der Waals surface area contributed by atoms with E-state index < -0.39 is 0 Å². The third-order valence-corrected chi connectivity index (χ3v) is 6.99. The molecule has 0 spiro atoms. The van der Waals surface area contributed by atoms with Crippen LogP contribution in [-0.4, -0.2) is 53.2 Å². The summed E-state index contributed by atoms with van der Waals surface area (Å²) in [5, 5.41) is 1.15. The van der Waals surface area contributed by atoms with Gasteiger partial charge in [-0.3, -0.25) is 4.79 Å². The van der Waals surface area contributed by atoms with Gasteiger partial charge in [0.15, 0.2) is 5.82 Å². The van der Waals surface area contributed by atoms with Gasteiger partial charge in [0.2, 0.25) is 0 Å². The van der Waals surface area contributed by atoms with Crippen molar-refractivity contribution in [1.82, 2.24) is 14.5 Å². The molecule has 1 fully saturated rings. The number of morpholine rings is 1. The third-order valence-electron chi connectivity index (χ3n) is 6.99. The van der Waals surface area contributed by atoms with Gasteiger partial charge in [-0.05, 0) is 49.4 Å². The number of fused-ring (bicyclic) bond motifs is 2. The van der Waals surface area contributed by atoms with Crippen molar-refractivity contribution in [3.63, 3.8) is 0 Å². The van der Waals surface area contributed by atoms with Gasteiger partial charge < -0.3 is 19.1 Å².